The molecule has 0 aliphatic carbocycles. The third-order valence-corrected chi connectivity index (χ3v) is 5.86. The van der Waals surface area contributed by atoms with Gasteiger partial charge in [-0.05, 0) is 52.0 Å². The molecule has 1 aromatic heterocycles. The maximum atomic E-state index is 12.9. The van der Waals surface area contributed by atoms with Crippen molar-refractivity contribution in [3.63, 3.8) is 0 Å². The molecular formula is C24H30N4O3S. The van der Waals surface area contributed by atoms with E-state index in [1.807, 2.05) is 73.0 Å². The van der Waals surface area contributed by atoms with Crippen molar-refractivity contribution in [2.75, 3.05) is 24.3 Å². The highest BCUT2D eigenvalue weighted by Gasteiger charge is 2.23. The Morgan fingerprint density at radius 2 is 1.78 bits per heavy atom. The van der Waals surface area contributed by atoms with Crippen LogP contribution in [0.5, 0.6) is 11.5 Å². The summed E-state index contributed by atoms with van der Waals surface area (Å²) >= 11 is 1.40. The zero-order chi connectivity index (χ0) is 23.1. The van der Waals surface area contributed by atoms with Gasteiger partial charge >= 0.3 is 0 Å². The number of hydrogen-bond donors (Lipinski definition) is 0. The summed E-state index contributed by atoms with van der Waals surface area (Å²) in [6.07, 6.45) is -0.321. The summed E-state index contributed by atoms with van der Waals surface area (Å²) in [4.78, 5) is 14.7. The molecule has 0 fully saturated rings. The van der Waals surface area contributed by atoms with Crippen molar-refractivity contribution < 1.29 is 14.3 Å². The monoisotopic (exact) mass is 454 g/mol. The lowest BCUT2D eigenvalue weighted by Crippen LogP contribution is -2.32. The molecule has 8 heteroatoms. The molecule has 7 nitrogen and oxygen atoms in total. The molecule has 1 heterocycles. The number of methoxy groups -OCH3 is 1. The van der Waals surface area contributed by atoms with Gasteiger partial charge in [0.2, 0.25) is 5.91 Å². The molecule has 2 aromatic carbocycles. The number of aromatic nitrogens is 3. The number of hydrogen-bond acceptors (Lipinski definition) is 6. The van der Waals surface area contributed by atoms with Crippen molar-refractivity contribution in [2.24, 2.45) is 0 Å². The molecular weight excluding hydrogens is 424 g/mol. The van der Waals surface area contributed by atoms with Crippen molar-refractivity contribution in [1.29, 1.82) is 0 Å². The largest absolute Gasteiger partial charge is 0.497 e. The fourth-order valence-corrected chi connectivity index (χ4v) is 4.35. The van der Waals surface area contributed by atoms with Crippen LogP contribution in [0, 0.1) is 0 Å². The van der Waals surface area contributed by atoms with Crippen molar-refractivity contribution in [1.82, 2.24) is 14.8 Å². The van der Waals surface area contributed by atoms with Crippen molar-refractivity contribution in [3.8, 4) is 11.5 Å². The van der Waals surface area contributed by atoms with Crippen LogP contribution in [0.4, 0.5) is 5.69 Å². The van der Waals surface area contributed by atoms with Gasteiger partial charge in [0.1, 0.15) is 11.5 Å². The maximum Gasteiger partial charge on any atom is 0.237 e. The third-order valence-electron chi connectivity index (χ3n) is 4.93. The lowest BCUT2D eigenvalue weighted by atomic mass is 10.3. The number of ether oxygens (including phenoxy) is 2. The zero-order valence-electron chi connectivity index (χ0n) is 19.2. The molecule has 1 unspecified atom stereocenters. The minimum atomic E-state index is -0.321. The second-order valence-corrected chi connectivity index (χ2v) is 8.45. The highest BCUT2D eigenvalue weighted by atomic mass is 32.2. The lowest BCUT2D eigenvalue weighted by Gasteiger charge is -2.21. The fourth-order valence-electron chi connectivity index (χ4n) is 3.40. The average Bonchev–Trinajstić information content (AvgIpc) is 3.23. The Kier molecular flexibility index (Phi) is 8.16. The number of carbonyl (C=O) groups is 1. The second-order valence-electron chi connectivity index (χ2n) is 7.51. The van der Waals surface area contributed by atoms with E-state index >= 15 is 0 Å². The number of rotatable bonds is 10. The number of amides is 1. The SMILES string of the molecule is CCN(C(=O)CSc1nnc(C(C)Oc2cccc(OC)c2)n1C(C)C)c1ccccc1. The standard InChI is InChI=1S/C24H30N4O3S/c1-6-27(19-11-8-7-9-12-19)22(29)16-32-24-26-25-23(28(24)17(2)3)18(4)31-21-14-10-13-20(15-21)30-5/h7-15,17-18H,6,16H2,1-5H3. The molecule has 0 radical (unpaired) electrons. The molecule has 0 aliphatic rings. The van der Waals surface area contributed by atoms with E-state index in [1.165, 1.54) is 11.8 Å². The smallest absolute Gasteiger partial charge is 0.237 e. The first kappa shape index (κ1) is 23.7. The second kappa shape index (κ2) is 11.0. The molecule has 0 N–H and O–H groups in total. The van der Waals surface area contributed by atoms with Gasteiger partial charge in [0.25, 0.3) is 0 Å². The molecule has 3 aromatic rings. The number of benzene rings is 2. The Morgan fingerprint density at radius 3 is 2.44 bits per heavy atom. The van der Waals surface area contributed by atoms with E-state index in [0.717, 1.165) is 11.4 Å². The first-order chi connectivity index (χ1) is 15.4. The molecule has 170 valence electrons. The summed E-state index contributed by atoms with van der Waals surface area (Å²) in [6.45, 7) is 8.66. The highest BCUT2D eigenvalue weighted by Crippen LogP contribution is 2.29. The molecule has 0 saturated carbocycles. The summed E-state index contributed by atoms with van der Waals surface area (Å²) in [5, 5.41) is 9.45. The fraction of sp³-hybridized carbons (Fsp3) is 0.375. The van der Waals surface area contributed by atoms with Crippen LogP contribution in [0.15, 0.2) is 59.8 Å². The Balaban J connectivity index is 1.73. The van der Waals surface area contributed by atoms with Gasteiger partial charge in [-0.3, -0.25) is 4.79 Å². The summed E-state index contributed by atoms with van der Waals surface area (Å²) in [5.74, 6) is 2.45. The molecule has 3 rings (SSSR count). The van der Waals surface area contributed by atoms with Crippen LogP contribution in [0.2, 0.25) is 0 Å². The summed E-state index contributed by atoms with van der Waals surface area (Å²) in [7, 11) is 1.63. The van der Waals surface area contributed by atoms with E-state index in [0.29, 0.717) is 23.3 Å². The lowest BCUT2D eigenvalue weighted by molar-refractivity contribution is -0.116. The van der Waals surface area contributed by atoms with E-state index in [9.17, 15) is 4.79 Å². The molecule has 1 amide bonds. The van der Waals surface area contributed by atoms with Crippen molar-refractivity contribution in [3.05, 3.63) is 60.4 Å². The molecule has 0 aliphatic heterocycles. The summed E-state index contributed by atoms with van der Waals surface area (Å²) < 4.78 is 13.4. The van der Waals surface area contributed by atoms with Crippen LogP contribution in [0.25, 0.3) is 0 Å². The van der Waals surface area contributed by atoms with Gasteiger partial charge in [-0.25, -0.2) is 0 Å². The van der Waals surface area contributed by atoms with Gasteiger partial charge in [-0.2, -0.15) is 0 Å². The van der Waals surface area contributed by atoms with Crippen LogP contribution in [-0.4, -0.2) is 40.1 Å². The predicted octanol–water partition coefficient (Wildman–Crippen LogP) is 5.15. The number of anilines is 1. The van der Waals surface area contributed by atoms with Gasteiger partial charge in [-0.1, -0.05) is 36.0 Å². The van der Waals surface area contributed by atoms with Crippen LogP contribution < -0.4 is 14.4 Å². The van der Waals surface area contributed by atoms with Crippen LogP contribution >= 0.6 is 11.8 Å². The number of para-hydroxylation sites is 1. The quantitative estimate of drug-likeness (QED) is 0.395. The van der Waals surface area contributed by atoms with Gasteiger partial charge in [0.05, 0.1) is 12.9 Å². The Morgan fingerprint density at radius 1 is 1.06 bits per heavy atom. The number of carbonyl (C=O) groups excluding carboxylic acids is 1. The Hall–Kier alpha value is -3.00. The Bertz CT molecular complexity index is 1020. The summed E-state index contributed by atoms with van der Waals surface area (Å²) in [6, 6.07) is 17.3. The van der Waals surface area contributed by atoms with Gasteiger partial charge in [0.15, 0.2) is 17.1 Å². The van der Waals surface area contributed by atoms with E-state index in [2.05, 4.69) is 24.0 Å². The minimum absolute atomic E-state index is 0.0317. The minimum Gasteiger partial charge on any atom is -0.497 e. The van der Waals surface area contributed by atoms with Gasteiger partial charge in [0, 0.05) is 24.3 Å². The van der Waals surface area contributed by atoms with Crippen LogP contribution in [-0.2, 0) is 4.79 Å². The first-order valence-corrected chi connectivity index (χ1v) is 11.7. The van der Waals surface area contributed by atoms with Crippen molar-refractivity contribution in [2.45, 2.75) is 45.0 Å². The molecule has 0 bridgehead atoms. The summed E-state index contributed by atoms with van der Waals surface area (Å²) in [5.41, 5.74) is 0.895. The normalized spacial score (nSPS) is 11.9. The molecule has 0 spiro atoms. The Labute approximate surface area is 193 Å². The molecule has 32 heavy (non-hydrogen) atoms. The third kappa shape index (κ3) is 5.62. The molecule has 0 saturated heterocycles. The van der Waals surface area contributed by atoms with Gasteiger partial charge < -0.3 is 18.9 Å². The number of thioether (sulfide) groups is 1. The maximum absolute atomic E-state index is 12.9. The predicted molar refractivity (Wildman–Crippen MR) is 128 cm³/mol. The van der Waals surface area contributed by atoms with Crippen LogP contribution in [0.1, 0.15) is 45.7 Å². The zero-order valence-corrected chi connectivity index (χ0v) is 20.0. The van der Waals surface area contributed by atoms with E-state index in [4.69, 9.17) is 9.47 Å². The highest BCUT2D eigenvalue weighted by molar-refractivity contribution is 7.99. The van der Waals surface area contributed by atoms with E-state index in [1.54, 1.807) is 12.0 Å². The van der Waals surface area contributed by atoms with E-state index in [-0.39, 0.29) is 23.8 Å². The van der Waals surface area contributed by atoms with Crippen molar-refractivity contribution >= 4 is 23.4 Å². The topological polar surface area (TPSA) is 69.5 Å². The van der Waals surface area contributed by atoms with E-state index < -0.39 is 0 Å². The average molecular weight is 455 g/mol. The van der Waals surface area contributed by atoms with Crippen LogP contribution in [0.3, 0.4) is 0 Å². The van der Waals surface area contributed by atoms with Gasteiger partial charge in [-0.15, -0.1) is 10.2 Å². The molecule has 1 atom stereocenters. The number of nitrogens with zero attached hydrogens (tertiary/aromatic N) is 4. The first-order valence-electron chi connectivity index (χ1n) is 10.7.